The Labute approximate surface area is 210 Å². The smallest absolute Gasteiger partial charge is 0.261 e. The minimum atomic E-state index is -0.300. The second kappa shape index (κ2) is 10.3. The average molecular weight is 484 g/mol. The first-order valence-electron chi connectivity index (χ1n) is 12.2. The minimum Gasteiger partial charge on any atom is -0.497 e. The van der Waals surface area contributed by atoms with Crippen LogP contribution in [-0.2, 0) is 13.1 Å². The van der Waals surface area contributed by atoms with Crippen LogP contribution in [-0.4, -0.2) is 53.8 Å². The van der Waals surface area contributed by atoms with Crippen LogP contribution >= 0.6 is 0 Å². The van der Waals surface area contributed by atoms with E-state index in [2.05, 4.69) is 22.3 Å². The van der Waals surface area contributed by atoms with Crippen LogP contribution in [0.5, 0.6) is 5.75 Å². The van der Waals surface area contributed by atoms with E-state index < -0.39 is 0 Å². The maximum absolute atomic E-state index is 13.0. The number of hydrogen-bond donors (Lipinski definition) is 1. The quantitative estimate of drug-likeness (QED) is 0.516. The molecule has 0 atom stereocenters. The van der Waals surface area contributed by atoms with Crippen molar-refractivity contribution in [3.8, 4) is 5.75 Å². The van der Waals surface area contributed by atoms with Gasteiger partial charge in [-0.15, -0.1) is 0 Å². The maximum Gasteiger partial charge on any atom is 0.261 e. The highest BCUT2D eigenvalue weighted by Crippen LogP contribution is 2.24. The zero-order valence-electron chi connectivity index (χ0n) is 20.3. The number of amides is 3. The van der Waals surface area contributed by atoms with Crippen LogP contribution < -0.4 is 10.1 Å². The van der Waals surface area contributed by atoms with Gasteiger partial charge in [0.05, 0.1) is 24.8 Å². The summed E-state index contributed by atoms with van der Waals surface area (Å²) in [5, 5.41) is 3.16. The SMILES string of the molecule is COc1cccc(CN2CCC(NC(=O)c3cccc(CN4C(=O)c5ccccc5C4=O)c3)CC2)c1. The van der Waals surface area contributed by atoms with Gasteiger partial charge in [0.25, 0.3) is 17.7 Å². The number of piperidine rings is 1. The molecule has 0 spiro atoms. The lowest BCUT2D eigenvalue weighted by atomic mass is 10.0. The van der Waals surface area contributed by atoms with Crippen LogP contribution in [0, 0.1) is 0 Å². The highest BCUT2D eigenvalue weighted by molar-refractivity contribution is 6.21. The number of methoxy groups -OCH3 is 1. The van der Waals surface area contributed by atoms with Crippen molar-refractivity contribution in [2.45, 2.75) is 32.0 Å². The number of ether oxygens (including phenoxy) is 1. The third-order valence-corrected chi connectivity index (χ3v) is 6.87. The van der Waals surface area contributed by atoms with Gasteiger partial charge in [0.1, 0.15) is 5.75 Å². The van der Waals surface area contributed by atoms with E-state index in [1.807, 2.05) is 18.2 Å². The molecule has 0 aromatic heterocycles. The summed E-state index contributed by atoms with van der Waals surface area (Å²) in [6.45, 7) is 2.80. The summed E-state index contributed by atoms with van der Waals surface area (Å²) >= 11 is 0. The fraction of sp³-hybridized carbons (Fsp3) is 0.276. The average Bonchev–Trinajstić information content (AvgIpc) is 3.15. The summed E-state index contributed by atoms with van der Waals surface area (Å²) in [4.78, 5) is 42.0. The number of nitrogens with one attached hydrogen (secondary N) is 1. The van der Waals surface area contributed by atoms with Gasteiger partial charge in [0.15, 0.2) is 0 Å². The van der Waals surface area contributed by atoms with Crippen molar-refractivity contribution in [1.82, 2.24) is 15.1 Å². The molecule has 0 aliphatic carbocycles. The lowest BCUT2D eigenvalue weighted by Gasteiger charge is -2.32. The predicted octanol–water partition coefficient (Wildman–Crippen LogP) is 3.89. The highest BCUT2D eigenvalue weighted by Gasteiger charge is 2.35. The molecule has 3 amide bonds. The zero-order chi connectivity index (χ0) is 25.1. The molecule has 3 aromatic carbocycles. The molecule has 36 heavy (non-hydrogen) atoms. The molecular formula is C29H29N3O4. The zero-order valence-corrected chi connectivity index (χ0v) is 20.3. The molecule has 1 fully saturated rings. The maximum atomic E-state index is 13.0. The number of likely N-dealkylation sites (tertiary alicyclic amines) is 1. The summed E-state index contributed by atoms with van der Waals surface area (Å²) in [6.07, 6.45) is 1.76. The monoisotopic (exact) mass is 483 g/mol. The highest BCUT2D eigenvalue weighted by atomic mass is 16.5. The van der Waals surface area contributed by atoms with Crippen molar-refractivity contribution < 1.29 is 19.1 Å². The van der Waals surface area contributed by atoms with Gasteiger partial charge in [-0.3, -0.25) is 24.2 Å². The molecule has 1 N–H and O–H groups in total. The van der Waals surface area contributed by atoms with Gasteiger partial charge in [-0.1, -0.05) is 36.4 Å². The molecule has 184 valence electrons. The summed E-state index contributed by atoms with van der Waals surface area (Å²) in [6, 6.07) is 22.2. The molecule has 2 aliphatic rings. The number of fused-ring (bicyclic) bond motifs is 1. The van der Waals surface area contributed by atoms with Gasteiger partial charge in [-0.05, 0) is 60.4 Å². The minimum absolute atomic E-state index is 0.110. The number of nitrogens with zero attached hydrogens (tertiary/aromatic N) is 2. The Hall–Kier alpha value is -3.97. The number of carbonyl (C=O) groups excluding carboxylic acids is 3. The van der Waals surface area contributed by atoms with Crippen molar-refractivity contribution in [3.05, 3.63) is 101 Å². The normalized spacial score (nSPS) is 16.2. The Morgan fingerprint density at radius 3 is 2.17 bits per heavy atom. The Morgan fingerprint density at radius 1 is 0.861 bits per heavy atom. The fourth-order valence-corrected chi connectivity index (χ4v) is 4.91. The second-order valence-electron chi connectivity index (χ2n) is 9.32. The van der Waals surface area contributed by atoms with E-state index in [9.17, 15) is 14.4 Å². The topological polar surface area (TPSA) is 79.0 Å². The Kier molecular flexibility index (Phi) is 6.82. The molecule has 0 bridgehead atoms. The molecule has 7 heteroatoms. The second-order valence-corrected chi connectivity index (χ2v) is 9.32. The van der Waals surface area contributed by atoms with Crippen LogP contribution in [0.4, 0.5) is 0 Å². The standard InChI is InChI=1S/C29H29N3O4/c1-36-24-9-5-7-21(17-24)18-31-14-12-23(13-15-31)30-27(33)22-8-4-6-20(16-22)19-32-28(34)25-10-2-3-11-26(25)29(32)35/h2-11,16-17,23H,12-15,18-19H2,1H3,(H,30,33). The largest absolute Gasteiger partial charge is 0.497 e. The molecule has 7 nitrogen and oxygen atoms in total. The van der Waals surface area contributed by atoms with E-state index in [4.69, 9.17) is 4.74 Å². The van der Waals surface area contributed by atoms with Gasteiger partial charge in [0.2, 0.25) is 0 Å². The van der Waals surface area contributed by atoms with Gasteiger partial charge in [0, 0.05) is 31.2 Å². The van der Waals surface area contributed by atoms with Crippen LogP contribution in [0.1, 0.15) is 55.0 Å². The number of carbonyl (C=O) groups is 3. The van der Waals surface area contributed by atoms with Crippen molar-refractivity contribution in [2.75, 3.05) is 20.2 Å². The molecule has 2 aliphatic heterocycles. The summed E-state index contributed by atoms with van der Waals surface area (Å²) in [5.74, 6) is 0.127. The number of hydrogen-bond acceptors (Lipinski definition) is 5. The van der Waals surface area contributed by atoms with Gasteiger partial charge in [-0.2, -0.15) is 0 Å². The third kappa shape index (κ3) is 5.02. The summed E-state index contributed by atoms with van der Waals surface area (Å²) in [7, 11) is 1.67. The van der Waals surface area contributed by atoms with Crippen molar-refractivity contribution in [3.63, 3.8) is 0 Å². The summed E-state index contributed by atoms with van der Waals surface area (Å²) < 4.78 is 5.32. The van der Waals surface area contributed by atoms with Gasteiger partial charge >= 0.3 is 0 Å². The van der Waals surface area contributed by atoms with Crippen LogP contribution in [0.3, 0.4) is 0 Å². The molecule has 5 rings (SSSR count). The van der Waals surface area contributed by atoms with Crippen LogP contribution in [0.2, 0.25) is 0 Å². The van der Waals surface area contributed by atoms with Crippen LogP contribution in [0.15, 0.2) is 72.8 Å². The van der Waals surface area contributed by atoms with Gasteiger partial charge < -0.3 is 10.1 Å². The number of benzene rings is 3. The predicted molar refractivity (Wildman–Crippen MR) is 136 cm³/mol. The van der Waals surface area contributed by atoms with E-state index in [1.54, 1.807) is 49.6 Å². The van der Waals surface area contributed by atoms with E-state index in [0.717, 1.165) is 43.8 Å². The van der Waals surface area contributed by atoms with E-state index in [-0.39, 0.29) is 30.3 Å². The van der Waals surface area contributed by atoms with E-state index in [1.165, 1.54) is 10.5 Å². The van der Waals surface area contributed by atoms with Crippen LogP contribution in [0.25, 0.3) is 0 Å². The molecule has 0 unspecified atom stereocenters. The Morgan fingerprint density at radius 2 is 1.50 bits per heavy atom. The van der Waals surface area contributed by atoms with Gasteiger partial charge in [-0.25, -0.2) is 0 Å². The first-order valence-corrected chi connectivity index (χ1v) is 12.2. The molecule has 0 saturated carbocycles. The first-order chi connectivity index (χ1) is 17.5. The Balaban J connectivity index is 1.16. The molecule has 3 aromatic rings. The number of imide groups is 1. The third-order valence-electron chi connectivity index (χ3n) is 6.87. The van der Waals surface area contributed by atoms with E-state index in [0.29, 0.717) is 16.7 Å². The molecular weight excluding hydrogens is 454 g/mol. The first kappa shape index (κ1) is 23.8. The molecule has 2 heterocycles. The van der Waals surface area contributed by atoms with Crippen molar-refractivity contribution >= 4 is 17.7 Å². The van der Waals surface area contributed by atoms with Crippen molar-refractivity contribution in [1.29, 1.82) is 0 Å². The number of rotatable bonds is 7. The summed E-state index contributed by atoms with van der Waals surface area (Å²) in [5.41, 5.74) is 3.34. The Bertz CT molecular complexity index is 1260. The fourth-order valence-electron chi connectivity index (χ4n) is 4.91. The lowest BCUT2D eigenvalue weighted by molar-refractivity contribution is 0.0642. The van der Waals surface area contributed by atoms with E-state index >= 15 is 0 Å². The molecule has 1 saturated heterocycles. The van der Waals surface area contributed by atoms with Crippen molar-refractivity contribution in [2.24, 2.45) is 0 Å². The lowest BCUT2D eigenvalue weighted by Crippen LogP contribution is -2.44. The molecule has 0 radical (unpaired) electrons.